The van der Waals surface area contributed by atoms with Gasteiger partial charge in [0.15, 0.2) is 0 Å². The molecule has 0 radical (unpaired) electrons. The zero-order chi connectivity index (χ0) is 10.0. The largest absolute Gasteiger partial charge is 0.368 e. The summed E-state index contributed by atoms with van der Waals surface area (Å²) < 4.78 is 0. The maximum absolute atomic E-state index is 11.4. The van der Waals surface area contributed by atoms with Crippen LogP contribution in [0.5, 0.6) is 0 Å². The summed E-state index contributed by atoms with van der Waals surface area (Å²) >= 11 is 1.42. The SMILES string of the molecule is NC(=O)C1(c2nccs2)C=CC=NC1. The van der Waals surface area contributed by atoms with Crippen LogP contribution in [0.25, 0.3) is 0 Å². The predicted octanol–water partition coefficient (Wildman–Crippen LogP) is 0.507. The summed E-state index contributed by atoms with van der Waals surface area (Å²) in [6.45, 7) is 0.354. The molecule has 1 aromatic rings. The number of nitrogens with two attached hydrogens (primary N) is 1. The van der Waals surface area contributed by atoms with E-state index in [0.717, 1.165) is 0 Å². The average molecular weight is 207 g/mol. The Hall–Kier alpha value is -1.49. The topological polar surface area (TPSA) is 68.3 Å². The van der Waals surface area contributed by atoms with Gasteiger partial charge in [0.2, 0.25) is 5.91 Å². The lowest BCUT2D eigenvalue weighted by atomic mass is 9.86. The summed E-state index contributed by atoms with van der Waals surface area (Å²) in [5.74, 6) is -0.402. The fourth-order valence-electron chi connectivity index (χ4n) is 1.37. The molecule has 0 spiro atoms. The van der Waals surface area contributed by atoms with Crippen LogP contribution in [0.15, 0.2) is 28.7 Å². The number of carbonyl (C=O) groups is 1. The Labute approximate surface area is 85.2 Å². The van der Waals surface area contributed by atoms with Gasteiger partial charge in [0.1, 0.15) is 10.4 Å². The first-order valence-corrected chi connectivity index (χ1v) is 5.01. The van der Waals surface area contributed by atoms with Crippen molar-refractivity contribution < 1.29 is 4.79 Å². The van der Waals surface area contributed by atoms with Crippen molar-refractivity contribution in [3.63, 3.8) is 0 Å². The zero-order valence-electron chi connectivity index (χ0n) is 7.38. The summed E-state index contributed by atoms with van der Waals surface area (Å²) in [7, 11) is 0. The maximum atomic E-state index is 11.4. The van der Waals surface area contributed by atoms with Crippen molar-refractivity contribution in [2.75, 3.05) is 6.54 Å². The Balaban J connectivity index is 2.47. The third-order valence-corrected chi connectivity index (χ3v) is 3.12. The quantitative estimate of drug-likeness (QED) is 0.767. The summed E-state index contributed by atoms with van der Waals surface area (Å²) in [4.78, 5) is 19.6. The van der Waals surface area contributed by atoms with Gasteiger partial charge in [0.25, 0.3) is 0 Å². The second kappa shape index (κ2) is 3.34. The molecule has 0 fully saturated rings. The zero-order valence-corrected chi connectivity index (χ0v) is 8.20. The Morgan fingerprint density at radius 2 is 2.50 bits per heavy atom. The number of rotatable bonds is 2. The molecule has 2 rings (SSSR count). The highest BCUT2D eigenvalue weighted by Gasteiger charge is 2.39. The van der Waals surface area contributed by atoms with Gasteiger partial charge in [-0.1, -0.05) is 6.08 Å². The standard InChI is InChI=1S/C9H9N3OS/c10-7(13)9(2-1-3-11-6-9)8-12-4-5-14-8/h1-5H,6H2,(H2,10,13). The van der Waals surface area contributed by atoms with Crippen molar-refractivity contribution >= 4 is 23.5 Å². The van der Waals surface area contributed by atoms with Crippen LogP contribution in [-0.4, -0.2) is 23.7 Å². The van der Waals surface area contributed by atoms with Gasteiger partial charge in [-0.2, -0.15) is 0 Å². The molecule has 1 aliphatic heterocycles. The van der Waals surface area contributed by atoms with Crippen molar-refractivity contribution in [2.45, 2.75) is 5.41 Å². The molecule has 2 heterocycles. The molecule has 1 aliphatic rings. The fraction of sp³-hybridized carbons (Fsp3) is 0.222. The Kier molecular flexibility index (Phi) is 2.17. The van der Waals surface area contributed by atoms with E-state index in [2.05, 4.69) is 9.98 Å². The molecule has 1 atom stereocenters. The molecule has 0 bridgehead atoms. The normalized spacial score (nSPS) is 25.1. The number of aliphatic imine (C=N–C) groups is 1. The van der Waals surface area contributed by atoms with E-state index in [1.165, 1.54) is 11.3 Å². The lowest BCUT2D eigenvalue weighted by Crippen LogP contribution is -2.43. The molecular formula is C9H9N3OS. The number of allylic oxidation sites excluding steroid dienone is 1. The van der Waals surface area contributed by atoms with Gasteiger partial charge in [0, 0.05) is 17.8 Å². The number of thiazole rings is 1. The summed E-state index contributed by atoms with van der Waals surface area (Å²) in [5.41, 5.74) is 4.57. The average Bonchev–Trinajstić information content (AvgIpc) is 2.72. The lowest BCUT2D eigenvalue weighted by Gasteiger charge is -2.24. The van der Waals surface area contributed by atoms with E-state index in [9.17, 15) is 4.79 Å². The van der Waals surface area contributed by atoms with E-state index in [0.29, 0.717) is 11.6 Å². The third kappa shape index (κ3) is 1.26. The molecule has 14 heavy (non-hydrogen) atoms. The minimum Gasteiger partial charge on any atom is -0.368 e. The summed E-state index contributed by atoms with van der Waals surface area (Å²) in [5, 5.41) is 2.53. The molecule has 0 saturated carbocycles. The van der Waals surface area contributed by atoms with E-state index in [1.54, 1.807) is 24.6 Å². The van der Waals surface area contributed by atoms with Crippen molar-refractivity contribution in [1.29, 1.82) is 0 Å². The molecule has 5 heteroatoms. The number of dihydropyridines is 1. The minimum absolute atomic E-state index is 0.354. The van der Waals surface area contributed by atoms with Crippen LogP contribution in [-0.2, 0) is 10.2 Å². The molecule has 0 aromatic carbocycles. The first kappa shape index (κ1) is 9.08. The highest BCUT2D eigenvalue weighted by molar-refractivity contribution is 7.09. The number of amides is 1. The predicted molar refractivity (Wildman–Crippen MR) is 55.5 cm³/mol. The number of aromatic nitrogens is 1. The monoisotopic (exact) mass is 207 g/mol. The van der Waals surface area contributed by atoms with E-state index in [4.69, 9.17) is 5.73 Å². The third-order valence-electron chi connectivity index (χ3n) is 2.17. The first-order chi connectivity index (χ1) is 6.76. The van der Waals surface area contributed by atoms with Gasteiger partial charge in [0.05, 0.1) is 6.54 Å². The highest BCUT2D eigenvalue weighted by atomic mass is 32.1. The van der Waals surface area contributed by atoms with Crippen LogP contribution in [0.2, 0.25) is 0 Å². The smallest absolute Gasteiger partial charge is 0.236 e. The molecular weight excluding hydrogens is 198 g/mol. The van der Waals surface area contributed by atoms with Gasteiger partial charge >= 0.3 is 0 Å². The molecule has 4 nitrogen and oxygen atoms in total. The van der Waals surface area contributed by atoms with Gasteiger partial charge in [-0.3, -0.25) is 9.79 Å². The van der Waals surface area contributed by atoms with Crippen LogP contribution in [0, 0.1) is 0 Å². The second-order valence-corrected chi connectivity index (χ2v) is 3.92. The van der Waals surface area contributed by atoms with Crippen molar-refractivity contribution in [3.05, 3.63) is 28.7 Å². The highest BCUT2D eigenvalue weighted by Crippen LogP contribution is 2.29. The molecule has 2 N–H and O–H groups in total. The van der Waals surface area contributed by atoms with Crippen LogP contribution in [0.4, 0.5) is 0 Å². The number of carbonyl (C=O) groups excluding carboxylic acids is 1. The number of hydrogen-bond donors (Lipinski definition) is 1. The van der Waals surface area contributed by atoms with Crippen LogP contribution in [0.3, 0.4) is 0 Å². The molecule has 1 aromatic heterocycles. The Morgan fingerprint density at radius 3 is 3.00 bits per heavy atom. The fourth-order valence-corrected chi connectivity index (χ4v) is 2.18. The Bertz CT molecular complexity index is 396. The number of nitrogens with zero attached hydrogens (tertiary/aromatic N) is 2. The van der Waals surface area contributed by atoms with E-state index >= 15 is 0 Å². The summed E-state index contributed by atoms with van der Waals surface area (Å²) in [6.07, 6.45) is 6.82. The molecule has 1 unspecified atom stereocenters. The van der Waals surface area contributed by atoms with Gasteiger partial charge < -0.3 is 5.73 Å². The number of hydrogen-bond acceptors (Lipinski definition) is 4. The molecule has 0 saturated heterocycles. The second-order valence-electron chi connectivity index (χ2n) is 3.02. The van der Waals surface area contributed by atoms with Crippen LogP contribution >= 0.6 is 11.3 Å². The van der Waals surface area contributed by atoms with Crippen molar-refractivity contribution in [1.82, 2.24) is 4.98 Å². The van der Waals surface area contributed by atoms with Crippen molar-refractivity contribution in [3.8, 4) is 0 Å². The van der Waals surface area contributed by atoms with Gasteiger partial charge in [-0.05, 0) is 6.08 Å². The Morgan fingerprint density at radius 1 is 1.64 bits per heavy atom. The van der Waals surface area contributed by atoms with Gasteiger partial charge in [-0.25, -0.2) is 4.98 Å². The van der Waals surface area contributed by atoms with Crippen molar-refractivity contribution in [2.24, 2.45) is 10.7 Å². The van der Waals surface area contributed by atoms with Crippen LogP contribution < -0.4 is 5.73 Å². The summed E-state index contributed by atoms with van der Waals surface area (Å²) in [6, 6.07) is 0. The van der Waals surface area contributed by atoms with E-state index in [1.807, 2.05) is 5.38 Å². The van der Waals surface area contributed by atoms with Crippen LogP contribution in [0.1, 0.15) is 5.01 Å². The van der Waals surface area contributed by atoms with E-state index < -0.39 is 11.3 Å². The molecule has 1 amide bonds. The van der Waals surface area contributed by atoms with Gasteiger partial charge in [-0.15, -0.1) is 11.3 Å². The molecule has 72 valence electrons. The molecule has 0 aliphatic carbocycles. The lowest BCUT2D eigenvalue weighted by molar-refractivity contribution is -0.121. The maximum Gasteiger partial charge on any atom is 0.236 e. The first-order valence-electron chi connectivity index (χ1n) is 4.13. The number of primary amides is 1. The van der Waals surface area contributed by atoms with E-state index in [-0.39, 0.29) is 0 Å². The minimum atomic E-state index is -0.830.